The summed E-state index contributed by atoms with van der Waals surface area (Å²) in [5, 5.41) is 9.73. The van der Waals surface area contributed by atoms with Crippen molar-refractivity contribution in [2.45, 2.75) is 25.9 Å². The van der Waals surface area contributed by atoms with Crippen LogP contribution in [0.4, 0.5) is 8.78 Å². The first kappa shape index (κ1) is 10.5. The highest BCUT2D eigenvalue weighted by Gasteiger charge is 2.52. The molecule has 1 N–H and O–H groups in total. The fourth-order valence-corrected chi connectivity index (χ4v) is 2.34. The van der Waals surface area contributed by atoms with Gasteiger partial charge in [0.2, 0.25) is 0 Å². The molecular formula is C11H12F2O2. The van der Waals surface area contributed by atoms with E-state index in [2.05, 4.69) is 0 Å². The molecule has 2 unspecified atom stereocenters. The van der Waals surface area contributed by atoms with E-state index in [4.69, 9.17) is 0 Å². The highest BCUT2D eigenvalue weighted by atomic mass is 19.1. The molecular weight excluding hydrogens is 202 g/mol. The molecule has 0 amide bonds. The molecule has 3 atom stereocenters. The van der Waals surface area contributed by atoms with Crippen molar-refractivity contribution >= 4 is 5.78 Å². The molecule has 1 fully saturated rings. The third-order valence-corrected chi connectivity index (χ3v) is 3.51. The van der Waals surface area contributed by atoms with Gasteiger partial charge in [-0.15, -0.1) is 0 Å². The Bertz CT molecular complexity index is 373. The number of ketones is 1. The molecule has 1 saturated carbocycles. The van der Waals surface area contributed by atoms with Gasteiger partial charge in [-0.25, -0.2) is 8.78 Å². The maximum atomic E-state index is 13.6. The standard InChI is InChI=1S/C11H12F2O2/c1-11-7(4-6(14)5-10(11)15)8(12)2-3-9(11)13/h2-3,7,10,15H,4-5H2,1H3/t7?,10?,11-/m0/s1. The average Bonchev–Trinajstić information content (AvgIpc) is 2.17. The fraction of sp³-hybridized carbons (Fsp3) is 0.545. The number of aliphatic hydroxyl groups excluding tert-OH is 1. The summed E-state index contributed by atoms with van der Waals surface area (Å²) >= 11 is 0. The molecule has 2 nitrogen and oxygen atoms in total. The van der Waals surface area contributed by atoms with Gasteiger partial charge in [-0.3, -0.25) is 4.79 Å². The largest absolute Gasteiger partial charge is 0.392 e. The summed E-state index contributed by atoms with van der Waals surface area (Å²) in [7, 11) is 0. The van der Waals surface area contributed by atoms with Crippen molar-refractivity contribution in [2.24, 2.45) is 11.3 Å². The van der Waals surface area contributed by atoms with E-state index in [9.17, 15) is 18.7 Å². The predicted molar refractivity (Wildman–Crippen MR) is 50.2 cm³/mol. The third-order valence-electron chi connectivity index (χ3n) is 3.51. The minimum absolute atomic E-state index is 0.0306. The summed E-state index contributed by atoms with van der Waals surface area (Å²) in [5.41, 5.74) is -1.27. The van der Waals surface area contributed by atoms with Crippen LogP contribution in [0.5, 0.6) is 0 Å². The van der Waals surface area contributed by atoms with E-state index >= 15 is 0 Å². The van der Waals surface area contributed by atoms with Gasteiger partial charge in [-0.1, -0.05) is 6.92 Å². The van der Waals surface area contributed by atoms with Gasteiger partial charge in [0, 0.05) is 18.8 Å². The van der Waals surface area contributed by atoms with Crippen molar-refractivity contribution in [1.29, 1.82) is 0 Å². The first-order valence-corrected chi connectivity index (χ1v) is 4.89. The second-order valence-electron chi connectivity index (χ2n) is 4.36. The Hall–Kier alpha value is -1.03. The maximum absolute atomic E-state index is 13.6. The molecule has 4 heteroatoms. The minimum atomic E-state index is -1.27. The summed E-state index contributed by atoms with van der Waals surface area (Å²) in [4.78, 5) is 11.2. The molecule has 0 bridgehead atoms. The molecule has 2 aliphatic carbocycles. The molecule has 0 radical (unpaired) electrons. The Morgan fingerprint density at radius 2 is 2.07 bits per heavy atom. The summed E-state index contributed by atoms with van der Waals surface area (Å²) in [6.07, 6.45) is 0.802. The van der Waals surface area contributed by atoms with Crippen molar-refractivity contribution in [2.75, 3.05) is 0 Å². The third kappa shape index (κ3) is 1.35. The van der Waals surface area contributed by atoms with Gasteiger partial charge in [0.25, 0.3) is 0 Å². The zero-order valence-electron chi connectivity index (χ0n) is 8.34. The first-order valence-electron chi connectivity index (χ1n) is 4.89. The maximum Gasteiger partial charge on any atom is 0.136 e. The van der Waals surface area contributed by atoms with Gasteiger partial charge < -0.3 is 5.11 Å². The minimum Gasteiger partial charge on any atom is -0.392 e. The Kier molecular flexibility index (Phi) is 2.26. The van der Waals surface area contributed by atoms with Crippen LogP contribution in [0.15, 0.2) is 23.8 Å². The number of Topliss-reactive ketones (excluding diaryl/α,β-unsaturated/α-hetero) is 1. The molecule has 2 aliphatic rings. The van der Waals surface area contributed by atoms with Crippen molar-refractivity contribution < 1.29 is 18.7 Å². The lowest BCUT2D eigenvalue weighted by molar-refractivity contribution is -0.131. The second kappa shape index (κ2) is 3.23. The van der Waals surface area contributed by atoms with Crippen LogP contribution in [-0.2, 0) is 4.79 Å². The number of allylic oxidation sites excluding steroid dienone is 3. The molecule has 82 valence electrons. The van der Waals surface area contributed by atoms with Crippen LogP contribution in [0, 0.1) is 11.3 Å². The summed E-state index contributed by atoms with van der Waals surface area (Å²) < 4.78 is 27.1. The fourth-order valence-electron chi connectivity index (χ4n) is 2.34. The van der Waals surface area contributed by atoms with Crippen LogP contribution < -0.4 is 0 Å². The number of fused-ring (bicyclic) bond motifs is 1. The second-order valence-corrected chi connectivity index (χ2v) is 4.36. The van der Waals surface area contributed by atoms with Crippen molar-refractivity contribution in [3.8, 4) is 0 Å². The quantitative estimate of drug-likeness (QED) is 0.670. The normalized spacial score (nSPS) is 40.7. The number of carbonyl (C=O) groups excluding carboxylic acids is 1. The van der Waals surface area contributed by atoms with E-state index in [0.29, 0.717) is 0 Å². The van der Waals surface area contributed by atoms with Crippen molar-refractivity contribution in [1.82, 2.24) is 0 Å². The molecule has 2 rings (SSSR count). The average molecular weight is 214 g/mol. The lowest BCUT2D eigenvalue weighted by Gasteiger charge is -2.44. The summed E-state index contributed by atoms with van der Waals surface area (Å²) in [6.45, 7) is 1.47. The van der Waals surface area contributed by atoms with Gasteiger partial charge >= 0.3 is 0 Å². The van der Waals surface area contributed by atoms with Gasteiger partial charge in [-0.2, -0.15) is 0 Å². The van der Waals surface area contributed by atoms with Gasteiger partial charge in [0.15, 0.2) is 0 Å². The summed E-state index contributed by atoms with van der Waals surface area (Å²) in [5.74, 6) is -2.14. The van der Waals surface area contributed by atoms with E-state index in [0.717, 1.165) is 12.2 Å². The number of hydrogen-bond acceptors (Lipinski definition) is 2. The van der Waals surface area contributed by atoms with E-state index < -0.39 is 29.1 Å². The Labute approximate surface area is 86.3 Å². The van der Waals surface area contributed by atoms with E-state index in [1.54, 1.807) is 0 Å². The van der Waals surface area contributed by atoms with E-state index in [1.165, 1.54) is 6.92 Å². The van der Waals surface area contributed by atoms with Crippen LogP contribution in [-0.4, -0.2) is 17.0 Å². The van der Waals surface area contributed by atoms with Crippen LogP contribution in [0.3, 0.4) is 0 Å². The van der Waals surface area contributed by atoms with Gasteiger partial charge in [-0.05, 0) is 12.2 Å². The highest BCUT2D eigenvalue weighted by Crippen LogP contribution is 2.51. The van der Waals surface area contributed by atoms with Crippen LogP contribution in [0.1, 0.15) is 19.8 Å². The molecule has 0 spiro atoms. The van der Waals surface area contributed by atoms with Crippen LogP contribution in [0.25, 0.3) is 0 Å². The predicted octanol–water partition coefficient (Wildman–Crippen LogP) is 2.05. The van der Waals surface area contributed by atoms with Crippen LogP contribution >= 0.6 is 0 Å². The number of aliphatic hydroxyl groups is 1. The number of halogens is 2. The zero-order valence-corrected chi connectivity index (χ0v) is 8.34. The molecule has 0 aliphatic heterocycles. The Morgan fingerprint density at radius 3 is 2.73 bits per heavy atom. The van der Waals surface area contributed by atoms with Crippen LogP contribution in [0.2, 0.25) is 0 Å². The molecule has 0 aromatic carbocycles. The van der Waals surface area contributed by atoms with Crippen molar-refractivity contribution in [3.63, 3.8) is 0 Å². The number of rotatable bonds is 0. The number of carbonyl (C=O) groups is 1. The smallest absolute Gasteiger partial charge is 0.136 e. The molecule has 0 saturated heterocycles. The molecule has 0 aromatic rings. The highest BCUT2D eigenvalue weighted by molar-refractivity contribution is 5.81. The topological polar surface area (TPSA) is 37.3 Å². The molecule has 15 heavy (non-hydrogen) atoms. The zero-order chi connectivity index (χ0) is 11.2. The van der Waals surface area contributed by atoms with Gasteiger partial charge in [0.05, 0.1) is 11.5 Å². The lowest BCUT2D eigenvalue weighted by Crippen LogP contribution is -2.47. The Morgan fingerprint density at radius 1 is 1.40 bits per heavy atom. The van der Waals surface area contributed by atoms with Gasteiger partial charge in [0.1, 0.15) is 17.4 Å². The van der Waals surface area contributed by atoms with Crippen molar-refractivity contribution in [3.05, 3.63) is 23.8 Å². The SMILES string of the molecule is C[C@@]12C(F)=CC=C(F)C1CC(=O)CC2O. The lowest BCUT2D eigenvalue weighted by atomic mass is 9.62. The molecule has 0 aromatic heterocycles. The molecule has 0 heterocycles. The summed E-state index contributed by atoms with van der Waals surface area (Å²) in [6, 6.07) is 0. The van der Waals surface area contributed by atoms with E-state index in [1.807, 2.05) is 0 Å². The van der Waals surface area contributed by atoms with E-state index in [-0.39, 0.29) is 18.6 Å². The number of hydrogen-bond donors (Lipinski definition) is 1. The first-order chi connectivity index (χ1) is 6.96. The Balaban J connectivity index is 2.46. The monoisotopic (exact) mass is 214 g/mol.